The molecule has 0 fully saturated rings. The fourth-order valence-electron chi connectivity index (χ4n) is 2.02. The molecule has 106 valence electrons. The van der Waals surface area contributed by atoms with E-state index in [1.54, 1.807) is 24.3 Å². The van der Waals surface area contributed by atoms with Gasteiger partial charge in [-0.05, 0) is 25.0 Å². The molecule has 1 heterocycles. The third-order valence-corrected chi connectivity index (χ3v) is 3.50. The van der Waals surface area contributed by atoms with Gasteiger partial charge in [0.15, 0.2) is 0 Å². The number of nitrogens with zero attached hydrogens (tertiary/aromatic N) is 1. The molecule has 2 rings (SSSR count). The molecule has 1 aliphatic rings. The molecule has 0 atom stereocenters. The van der Waals surface area contributed by atoms with Crippen LogP contribution >= 0.6 is 34.8 Å². The fraction of sp³-hybridized carbons (Fsp3) is 0.286. The third kappa shape index (κ3) is 3.54. The van der Waals surface area contributed by atoms with Gasteiger partial charge in [0, 0.05) is 23.9 Å². The van der Waals surface area contributed by atoms with Crippen LogP contribution in [0.3, 0.4) is 0 Å². The van der Waals surface area contributed by atoms with Crippen LogP contribution in [0.2, 0.25) is 0 Å². The Morgan fingerprint density at radius 2 is 1.75 bits per heavy atom. The maximum absolute atomic E-state index is 12.3. The van der Waals surface area contributed by atoms with E-state index >= 15 is 0 Å². The lowest BCUT2D eigenvalue weighted by Gasteiger charge is -2.25. The zero-order valence-corrected chi connectivity index (χ0v) is 12.8. The van der Waals surface area contributed by atoms with Crippen LogP contribution in [0.4, 0.5) is 0 Å². The second-order valence-electron chi connectivity index (χ2n) is 4.45. The molecule has 0 aliphatic carbocycles. The van der Waals surface area contributed by atoms with Crippen LogP contribution in [0.1, 0.15) is 23.2 Å². The number of benzene rings is 1. The second kappa shape index (κ2) is 6.17. The molecule has 0 saturated heterocycles. The first-order valence-corrected chi connectivity index (χ1v) is 7.21. The van der Waals surface area contributed by atoms with E-state index in [1.165, 1.54) is 11.1 Å². The number of carbonyl (C=O) groups is 2. The SMILES string of the molecule is O=C(c1ccccc1)N1C=C(C(=O)C(Cl)(Cl)Cl)CCC1. The second-order valence-corrected chi connectivity index (χ2v) is 6.73. The molecule has 1 amide bonds. The highest BCUT2D eigenvalue weighted by molar-refractivity contribution is 6.77. The average Bonchev–Trinajstić information content (AvgIpc) is 2.46. The number of rotatable bonds is 2. The minimum atomic E-state index is -1.98. The first-order chi connectivity index (χ1) is 9.39. The van der Waals surface area contributed by atoms with Gasteiger partial charge in [0.1, 0.15) is 0 Å². The normalized spacial score (nSPS) is 15.8. The van der Waals surface area contributed by atoms with Gasteiger partial charge in [0.05, 0.1) is 0 Å². The number of halogens is 3. The van der Waals surface area contributed by atoms with Crippen LogP contribution in [-0.2, 0) is 4.79 Å². The van der Waals surface area contributed by atoms with Gasteiger partial charge in [0.2, 0.25) is 5.78 Å². The number of alkyl halides is 3. The van der Waals surface area contributed by atoms with E-state index < -0.39 is 9.58 Å². The van der Waals surface area contributed by atoms with E-state index in [-0.39, 0.29) is 5.91 Å². The highest BCUT2D eigenvalue weighted by atomic mass is 35.6. The van der Waals surface area contributed by atoms with Crippen molar-refractivity contribution in [3.63, 3.8) is 0 Å². The van der Waals surface area contributed by atoms with E-state index in [1.807, 2.05) is 6.07 Å². The van der Waals surface area contributed by atoms with Crippen LogP contribution in [0.5, 0.6) is 0 Å². The van der Waals surface area contributed by atoms with E-state index in [0.29, 0.717) is 30.5 Å². The van der Waals surface area contributed by atoms with Gasteiger partial charge >= 0.3 is 0 Å². The highest BCUT2D eigenvalue weighted by Gasteiger charge is 2.34. The molecule has 20 heavy (non-hydrogen) atoms. The summed E-state index contributed by atoms with van der Waals surface area (Å²) in [4.78, 5) is 25.7. The van der Waals surface area contributed by atoms with Crippen LogP contribution < -0.4 is 0 Å². The molecule has 1 aromatic rings. The molecule has 0 spiro atoms. The summed E-state index contributed by atoms with van der Waals surface area (Å²) < 4.78 is -1.98. The lowest BCUT2D eigenvalue weighted by molar-refractivity contribution is -0.115. The number of ketones is 1. The Balaban J connectivity index is 2.22. The monoisotopic (exact) mass is 331 g/mol. The van der Waals surface area contributed by atoms with Crippen LogP contribution in [0.25, 0.3) is 0 Å². The molecule has 0 unspecified atom stereocenters. The van der Waals surface area contributed by atoms with Crippen LogP contribution in [0, 0.1) is 0 Å². The Bertz CT molecular complexity index is 549. The number of hydrogen-bond acceptors (Lipinski definition) is 2. The summed E-state index contributed by atoms with van der Waals surface area (Å²) in [5, 5.41) is 0. The van der Waals surface area contributed by atoms with Crippen LogP contribution in [-0.4, -0.2) is 26.9 Å². The predicted molar refractivity (Wildman–Crippen MR) is 80.1 cm³/mol. The maximum atomic E-state index is 12.3. The average molecular weight is 333 g/mol. The molecular weight excluding hydrogens is 321 g/mol. The van der Waals surface area contributed by atoms with Gasteiger partial charge in [-0.1, -0.05) is 53.0 Å². The molecule has 1 aromatic carbocycles. The number of Topliss-reactive ketones (excluding diaryl/α,β-unsaturated/α-hetero) is 1. The van der Waals surface area contributed by atoms with Gasteiger partial charge in [-0.25, -0.2) is 0 Å². The first-order valence-electron chi connectivity index (χ1n) is 6.08. The van der Waals surface area contributed by atoms with Gasteiger partial charge in [-0.15, -0.1) is 0 Å². The van der Waals surface area contributed by atoms with Gasteiger partial charge in [-0.2, -0.15) is 0 Å². The smallest absolute Gasteiger partial charge is 0.257 e. The first kappa shape index (κ1) is 15.4. The van der Waals surface area contributed by atoms with Crippen molar-refractivity contribution in [2.75, 3.05) is 6.54 Å². The van der Waals surface area contributed by atoms with Crippen molar-refractivity contribution in [2.24, 2.45) is 0 Å². The Morgan fingerprint density at radius 1 is 1.10 bits per heavy atom. The quantitative estimate of drug-likeness (QED) is 0.774. The van der Waals surface area contributed by atoms with Crippen molar-refractivity contribution >= 4 is 46.5 Å². The van der Waals surface area contributed by atoms with Crippen molar-refractivity contribution in [2.45, 2.75) is 16.6 Å². The van der Waals surface area contributed by atoms with Crippen molar-refractivity contribution in [1.82, 2.24) is 4.90 Å². The van der Waals surface area contributed by atoms with E-state index in [9.17, 15) is 9.59 Å². The topological polar surface area (TPSA) is 37.4 Å². The summed E-state index contributed by atoms with van der Waals surface area (Å²) in [6.07, 6.45) is 2.66. The molecule has 6 heteroatoms. The number of amides is 1. The third-order valence-electron chi connectivity index (χ3n) is 2.99. The molecule has 0 bridgehead atoms. The largest absolute Gasteiger partial charge is 0.315 e. The number of allylic oxidation sites excluding steroid dienone is 1. The standard InChI is InChI=1S/C14H12Cl3NO2/c15-14(16,17)12(19)11-7-4-8-18(9-11)13(20)10-5-2-1-3-6-10/h1-3,5-6,9H,4,7-8H2. The molecule has 0 aromatic heterocycles. The molecule has 0 N–H and O–H groups in total. The predicted octanol–water partition coefficient (Wildman–Crippen LogP) is 3.75. The fourth-order valence-corrected chi connectivity index (χ4v) is 2.38. The zero-order chi connectivity index (χ0) is 14.8. The molecule has 3 nitrogen and oxygen atoms in total. The Labute approximate surface area is 132 Å². The van der Waals surface area contributed by atoms with Crippen molar-refractivity contribution in [3.05, 3.63) is 47.7 Å². The number of carbonyl (C=O) groups excluding carboxylic acids is 2. The molecule has 1 aliphatic heterocycles. The summed E-state index contributed by atoms with van der Waals surface area (Å²) in [5.74, 6) is -0.743. The summed E-state index contributed by atoms with van der Waals surface area (Å²) in [7, 11) is 0. The van der Waals surface area contributed by atoms with Gasteiger partial charge < -0.3 is 4.90 Å². The van der Waals surface area contributed by atoms with Gasteiger partial charge in [0.25, 0.3) is 9.70 Å². The van der Waals surface area contributed by atoms with Crippen molar-refractivity contribution in [3.8, 4) is 0 Å². The summed E-state index contributed by atoms with van der Waals surface area (Å²) in [5.41, 5.74) is 0.923. The lowest BCUT2D eigenvalue weighted by Crippen LogP contribution is -2.33. The Kier molecular flexibility index (Phi) is 4.74. The molecular formula is C14H12Cl3NO2. The van der Waals surface area contributed by atoms with Crippen molar-refractivity contribution in [1.29, 1.82) is 0 Å². The van der Waals surface area contributed by atoms with E-state index in [0.717, 1.165) is 0 Å². The van der Waals surface area contributed by atoms with Crippen LogP contribution in [0.15, 0.2) is 42.1 Å². The molecule has 0 saturated carbocycles. The Morgan fingerprint density at radius 3 is 2.35 bits per heavy atom. The van der Waals surface area contributed by atoms with Gasteiger partial charge in [-0.3, -0.25) is 9.59 Å². The number of hydrogen-bond donors (Lipinski definition) is 0. The van der Waals surface area contributed by atoms with Crippen molar-refractivity contribution < 1.29 is 9.59 Å². The Hall–Kier alpha value is -1.03. The minimum absolute atomic E-state index is 0.167. The maximum Gasteiger partial charge on any atom is 0.257 e. The summed E-state index contributed by atoms with van der Waals surface area (Å²) >= 11 is 16.8. The summed E-state index contributed by atoms with van der Waals surface area (Å²) in [6.45, 7) is 0.546. The highest BCUT2D eigenvalue weighted by Crippen LogP contribution is 2.32. The zero-order valence-electron chi connectivity index (χ0n) is 10.5. The minimum Gasteiger partial charge on any atom is -0.315 e. The lowest BCUT2D eigenvalue weighted by atomic mass is 10.0. The van der Waals surface area contributed by atoms with E-state index in [2.05, 4.69) is 0 Å². The van der Waals surface area contributed by atoms with E-state index in [4.69, 9.17) is 34.8 Å². The molecule has 0 radical (unpaired) electrons. The summed E-state index contributed by atoms with van der Waals surface area (Å²) in [6, 6.07) is 8.85.